The van der Waals surface area contributed by atoms with Crippen LogP contribution in [-0.4, -0.2) is 67.4 Å². The van der Waals surface area contributed by atoms with Crippen LogP contribution >= 0.6 is 0 Å². The molecule has 34 heavy (non-hydrogen) atoms. The lowest BCUT2D eigenvalue weighted by Crippen LogP contribution is -2.54. The van der Waals surface area contributed by atoms with Crippen molar-refractivity contribution >= 4 is 23.6 Å². The number of likely N-dealkylation sites (tertiary alicyclic amines) is 1. The maximum absolute atomic E-state index is 13.1. The SMILES string of the molecule is CCn1ccc(CN2CCC(O)(c3ccc4c(c3)C(=O)N(C3CCC(=O)NC3=O)C4=O)CC2)n1. The highest BCUT2D eigenvalue weighted by molar-refractivity contribution is 6.23. The van der Waals surface area contributed by atoms with Gasteiger partial charge >= 0.3 is 0 Å². The summed E-state index contributed by atoms with van der Waals surface area (Å²) in [5.41, 5.74) is 0.869. The van der Waals surface area contributed by atoms with E-state index in [0.717, 1.165) is 17.1 Å². The number of nitrogens with zero attached hydrogens (tertiary/aromatic N) is 4. The van der Waals surface area contributed by atoms with E-state index < -0.39 is 35.3 Å². The summed E-state index contributed by atoms with van der Waals surface area (Å²) in [6, 6.07) is 5.83. The summed E-state index contributed by atoms with van der Waals surface area (Å²) in [5.74, 6) is -2.16. The standard InChI is InChI=1S/C24H27N5O5/c1-2-28-10-7-16(26-28)14-27-11-8-24(34,9-12-27)15-3-4-17-18(13-15)23(33)29(22(17)32)19-5-6-20(30)25-21(19)31/h3-4,7,10,13,19,34H,2,5-6,8-9,11-12,14H2,1H3,(H,25,30,31). The lowest BCUT2D eigenvalue weighted by Gasteiger charge is -2.38. The van der Waals surface area contributed by atoms with Gasteiger partial charge in [0.25, 0.3) is 11.8 Å². The zero-order valence-electron chi connectivity index (χ0n) is 19.0. The van der Waals surface area contributed by atoms with E-state index in [1.54, 1.807) is 18.2 Å². The summed E-state index contributed by atoms with van der Waals surface area (Å²) in [6.07, 6.45) is 3.11. The highest BCUT2D eigenvalue weighted by Crippen LogP contribution is 2.36. The summed E-state index contributed by atoms with van der Waals surface area (Å²) in [5, 5.41) is 18.1. The summed E-state index contributed by atoms with van der Waals surface area (Å²) in [7, 11) is 0. The van der Waals surface area contributed by atoms with E-state index in [2.05, 4.69) is 15.3 Å². The van der Waals surface area contributed by atoms with Gasteiger partial charge < -0.3 is 5.11 Å². The molecule has 1 aromatic carbocycles. The molecule has 1 atom stereocenters. The number of rotatable bonds is 5. The van der Waals surface area contributed by atoms with Crippen LogP contribution in [0, 0.1) is 0 Å². The molecular formula is C24H27N5O5. The molecule has 0 saturated carbocycles. The van der Waals surface area contributed by atoms with Gasteiger partial charge in [-0.05, 0) is 49.9 Å². The molecule has 10 heteroatoms. The minimum atomic E-state index is -1.11. The fraction of sp³-hybridized carbons (Fsp3) is 0.458. The number of hydrogen-bond donors (Lipinski definition) is 2. The third-order valence-corrected chi connectivity index (χ3v) is 7.07. The van der Waals surface area contributed by atoms with Gasteiger partial charge in [-0.25, -0.2) is 0 Å². The van der Waals surface area contributed by atoms with Crippen LogP contribution in [0.4, 0.5) is 0 Å². The Bertz CT molecular complexity index is 1180. The highest BCUT2D eigenvalue weighted by Gasteiger charge is 2.45. The molecule has 2 aromatic rings. The van der Waals surface area contributed by atoms with E-state index >= 15 is 0 Å². The minimum Gasteiger partial charge on any atom is -0.385 e. The molecule has 2 fully saturated rings. The Morgan fingerprint density at radius 1 is 1.09 bits per heavy atom. The second-order valence-corrected chi connectivity index (χ2v) is 9.18. The number of aromatic nitrogens is 2. The topological polar surface area (TPSA) is 125 Å². The van der Waals surface area contributed by atoms with E-state index in [0.29, 0.717) is 38.0 Å². The van der Waals surface area contributed by atoms with Crippen LogP contribution in [0.25, 0.3) is 0 Å². The highest BCUT2D eigenvalue weighted by atomic mass is 16.3. The van der Waals surface area contributed by atoms with Crippen molar-refractivity contribution in [1.82, 2.24) is 24.9 Å². The zero-order valence-corrected chi connectivity index (χ0v) is 19.0. The molecule has 4 amide bonds. The number of piperidine rings is 2. The Balaban J connectivity index is 1.30. The van der Waals surface area contributed by atoms with Gasteiger partial charge in [-0.2, -0.15) is 5.10 Å². The summed E-state index contributed by atoms with van der Waals surface area (Å²) in [6.45, 7) is 4.90. The fourth-order valence-corrected chi connectivity index (χ4v) is 5.02. The molecule has 1 unspecified atom stereocenters. The van der Waals surface area contributed by atoms with Crippen LogP contribution in [0.3, 0.4) is 0 Å². The third kappa shape index (κ3) is 3.82. The number of fused-ring (bicyclic) bond motifs is 1. The molecule has 2 saturated heterocycles. The lowest BCUT2D eigenvalue weighted by atomic mass is 9.83. The van der Waals surface area contributed by atoms with Crippen molar-refractivity contribution in [2.75, 3.05) is 13.1 Å². The average molecular weight is 466 g/mol. The molecule has 178 valence electrons. The van der Waals surface area contributed by atoms with Gasteiger partial charge in [-0.1, -0.05) is 6.07 Å². The fourth-order valence-electron chi connectivity index (χ4n) is 5.02. The third-order valence-electron chi connectivity index (χ3n) is 7.07. The maximum Gasteiger partial charge on any atom is 0.262 e. The number of hydrogen-bond acceptors (Lipinski definition) is 7. The molecule has 4 heterocycles. The summed E-state index contributed by atoms with van der Waals surface area (Å²) < 4.78 is 1.89. The molecule has 0 radical (unpaired) electrons. The molecule has 0 spiro atoms. The molecular weight excluding hydrogens is 438 g/mol. The normalized spacial score (nSPS) is 22.8. The Morgan fingerprint density at radius 3 is 2.50 bits per heavy atom. The average Bonchev–Trinajstić information content (AvgIpc) is 3.38. The predicted octanol–water partition coefficient (Wildman–Crippen LogP) is 0.788. The molecule has 3 aliphatic heterocycles. The number of imide groups is 2. The molecule has 5 rings (SSSR count). The van der Waals surface area contributed by atoms with Gasteiger partial charge in [0.15, 0.2) is 0 Å². The lowest BCUT2D eigenvalue weighted by molar-refractivity contribution is -0.136. The van der Waals surface area contributed by atoms with Crippen molar-refractivity contribution in [2.24, 2.45) is 0 Å². The van der Waals surface area contributed by atoms with Crippen molar-refractivity contribution in [3.05, 3.63) is 52.8 Å². The molecule has 1 aromatic heterocycles. The van der Waals surface area contributed by atoms with Crippen LogP contribution in [0.1, 0.15) is 64.6 Å². The number of benzene rings is 1. The van der Waals surface area contributed by atoms with E-state index in [-0.39, 0.29) is 24.0 Å². The molecule has 0 aliphatic carbocycles. The van der Waals surface area contributed by atoms with Crippen molar-refractivity contribution < 1.29 is 24.3 Å². The van der Waals surface area contributed by atoms with Crippen LogP contribution in [0.2, 0.25) is 0 Å². The van der Waals surface area contributed by atoms with E-state index in [4.69, 9.17) is 0 Å². The summed E-state index contributed by atoms with van der Waals surface area (Å²) in [4.78, 5) is 52.9. The number of carbonyl (C=O) groups excluding carboxylic acids is 4. The first kappa shape index (κ1) is 22.4. The van der Waals surface area contributed by atoms with Crippen LogP contribution in [0.5, 0.6) is 0 Å². The van der Waals surface area contributed by atoms with Gasteiger partial charge in [0.2, 0.25) is 11.8 Å². The first-order chi connectivity index (χ1) is 16.3. The molecule has 3 aliphatic rings. The van der Waals surface area contributed by atoms with Crippen molar-refractivity contribution in [2.45, 2.75) is 57.3 Å². The first-order valence-electron chi connectivity index (χ1n) is 11.6. The maximum atomic E-state index is 13.1. The molecule has 2 N–H and O–H groups in total. The number of amides is 4. The smallest absolute Gasteiger partial charge is 0.262 e. The van der Waals surface area contributed by atoms with E-state index in [9.17, 15) is 24.3 Å². The summed E-state index contributed by atoms with van der Waals surface area (Å²) >= 11 is 0. The van der Waals surface area contributed by atoms with Crippen LogP contribution in [-0.2, 0) is 28.3 Å². The van der Waals surface area contributed by atoms with Crippen molar-refractivity contribution in [3.63, 3.8) is 0 Å². The Labute approximate surface area is 196 Å². The number of aryl methyl sites for hydroxylation is 1. The second kappa shape index (κ2) is 8.44. The van der Waals surface area contributed by atoms with Crippen LogP contribution < -0.4 is 5.32 Å². The Kier molecular flexibility index (Phi) is 5.57. The van der Waals surface area contributed by atoms with E-state index in [1.807, 2.05) is 23.9 Å². The molecule has 0 bridgehead atoms. The van der Waals surface area contributed by atoms with Gasteiger partial charge in [0, 0.05) is 38.8 Å². The van der Waals surface area contributed by atoms with Crippen molar-refractivity contribution in [1.29, 1.82) is 0 Å². The van der Waals surface area contributed by atoms with Gasteiger partial charge in [0.1, 0.15) is 6.04 Å². The largest absolute Gasteiger partial charge is 0.385 e. The predicted molar refractivity (Wildman–Crippen MR) is 119 cm³/mol. The Hall–Kier alpha value is -3.37. The second-order valence-electron chi connectivity index (χ2n) is 9.18. The first-order valence-corrected chi connectivity index (χ1v) is 11.6. The number of aliphatic hydroxyl groups is 1. The van der Waals surface area contributed by atoms with Crippen molar-refractivity contribution in [3.8, 4) is 0 Å². The quantitative estimate of drug-likeness (QED) is 0.626. The molecule has 10 nitrogen and oxygen atoms in total. The number of nitrogens with one attached hydrogen (secondary N) is 1. The van der Waals surface area contributed by atoms with E-state index in [1.165, 1.54) is 0 Å². The Morgan fingerprint density at radius 2 is 1.82 bits per heavy atom. The van der Waals surface area contributed by atoms with Gasteiger partial charge in [0.05, 0.1) is 22.4 Å². The number of carbonyl (C=O) groups is 4. The van der Waals surface area contributed by atoms with Gasteiger partial charge in [-0.3, -0.25) is 39.0 Å². The monoisotopic (exact) mass is 465 g/mol. The van der Waals surface area contributed by atoms with Gasteiger partial charge in [-0.15, -0.1) is 0 Å². The zero-order chi connectivity index (χ0) is 24.0. The van der Waals surface area contributed by atoms with Crippen LogP contribution in [0.15, 0.2) is 30.5 Å². The minimum absolute atomic E-state index is 0.0734.